The second-order valence-corrected chi connectivity index (χ2v) is 5.47. The second kappa shape index (κ2) is 3.22. The van der Waals surface area contributed by atoms with Crippen molar-refractivity contribution in [2.24, 2.45) is 11.8 Å². The van der Waals surface area contributed by atoms with Gasteiger partial charge in [0.1, 0.15) is 5.60 Å². The highest BCUT2D eigenvalue weighted by atomic mass is 16.6. The van der Waals surface area contributed by atoms with Crippen molar-refractivity contribution in [1.82, 2.24) is 4.90 Å². The highest BCUT2D eigenvalue weighted by Crippen LogP contribution is 2.36. The van der Waals surface area contributed by atoms with Gasteiger partial charge in [-0.15, -0.1) is 0 Å². The van der Waals surface area contributed by atoms with Crippen LogP contribution < -0.4 is 0 Å². The zero-order valence-corrected chi connectivity index (χ0v) is 9.54. The predicted molar refractivity (Wildman–Crippen MR) is 57.1 cm³/mol. The van der Waals surface area contributed by atoms with Crippen molar-refractivity contribution in [3.05, 3.63) is 0 Å². The predicted octanol–water partition coefficient (Wildman–Crippen LogP) is 1.89. The molecule has 1 aliphatic carbocycles. The molecule has 1 amide bonds. The van der Waals surface area contributed by atoms with E-state index in [4.69, 9.17) is 10.1 Å². The number of carbonyl (C=O) groups is 1. The smallest absolute Gasteiger partial charge is 0.410 e. The number of carbonyl (C=O) groups excluding carboxylic acids is 1. The average molecular weight is 210 g/mol. The van der Waals surface area contributed by atoms with Gasteiger partial charge in [0.15, 0.2) is 0 Å². The van der Waals surface area contributed by atoms with E-state index in [0.717, 1.165) is 12.1 Å². The summed E-state index contributed by atoms with van der Waals surface area (Å²) in [4.78, 5) is 13.5. The third-order valence-corrected chi connectivity index (χ3v) is 2.98. The third-order valence-electron chi connectivity index (χ3n) is 2.98. The molecule has 2 atom stereocenters. The van der Waals surface area contributed by atoms with Gasteiger partial charge in [0.05, 0.1) is 0 Å². The molecule has 2 saturated heterocycles. The van der Waals surface area contributed by atoms with Gasteiger partial charge in [0.2, 0.25) is 0 Å². The normalized spacial score (nSPS) is 29.8. The molecule has 15 heavy (non-hydrogen) atoms. The van der Waals surface area contributed by atoms with Crippen molar-refractivity contribution in [1.29, 1.82) is 5.41 Å². The molecule has 0 aromatic carbocycles. The molecule has 3 fully saturated rings. The second-order valence-electron chi connectivity index (χ2n) is 5.47. The van der Waals surface area contributed by atoms with Gasteiger partial charge in [-0.1, -0.05) is 0 Å². The Labute approximate surface area is 90.1 Å². The van der Waals surface area contributed by atoms with Crippen LogP contribution in [0.2, 0.25) is 0 Å². The van der Waals surface area contributed by atoms with Crippen molar-refractivity contribution in [2.45, 2.75) is 32.8 Å². The van der Waals surface area contributed by atoms with Gasteiger partial charge in [-0.2, -0.15) is 0 Å². The Balaban J connectivity index is 1.91. The lowest BCUT2D eigenvalue weighted by atomic mass is 9.69. The lowest BCUT2D eigenvalue weighted by Gasteiger charge is -2.47. The zero-order valence-electron chi connectivity index (χ0n) is 9.54. The molecule has 4 nitrogen and oxygen atoms in total. The molecule has 0 aromatic rings. The summed E-state index contributed by atoms with van der Waals surface area (Å²) in [5.41, 5.74) is 0.404. The standard InChI is InChI=1S/C11H18N2O2/c1-11(2,3)15-10(14)13-5-7-4-8(6-13)9(7)12/h7-8,12H,4-6H2,1-3H3. The van der Waals surface area contributed by atoms with Gasteiger partial charge in [0.25, 0.3) is 0 Å². The lowest BCUT2D eigenvalue weighted by Crippen LogP contribution is -2.57. The van der Waals surface area contributed by atoms with E-state index in [1.807, 2.05) is 20.8 Å². The van der Waals surface area contributed by atoms with Crippen LogP contribution in [0.5, 0.6) is 0 Å². The first-order valence-electron chi connectivity index (χ1n) is 5.43. The first-order valence-corrected chi connectivity index (χ1v) is 5.43. The Morgan fingerprint density at radius 1 is 1.40 bits per heavy atom. The first kappa shape index (κ1) is 10.5. The van der Waals surface area contributed by atoms with E-state index in [9.17, 15) is 4.79 Å². The van der Waals surface area contributed by atoms with Gasteiger partial charge in [-0.25, -0.2) is 4.79 Å². The summed E-state index contributed by atoms with van der Waals surface area (Å²) in [5, 5.41) is 7.68. The molecule has 1 saturated carbocycles. The maximum Gasteiger partial charge on any atom is 0.410 e. The summed E-state index contributed by atoms with van der Waals surface area (Å²) in [6.45, 7) is 6.96. The van der Waals surface area contributed by atoms with Gasteiger partial charge >= 0.3 is 6.09 Å². The molecule has 2 unspecified atom stereocenters. The molecule has 0 radical (unpaired) electrons. The molecular formula is C11H18N2O2. The van der Waals surface area contributed by atoms with Crippen LogP contribution in [-0.4, -0.2) is 35.4 Å². The Hall–Kier alpha value is -1.06. The topological polar surface area (TPSA) is 53.4 Å². The number of piperidine rings is 2. The summed E-state index contributed by atoms with van der Waals surface area (Å²) in [6.07, 6.45) is 0.850. The van der Waals surface area contributed by atoms with Gasteiger partial charge in [-0.05, 0) is 27.2 Å². The maximum absolute atomic E-state index is 11.7. The molecule has 3 aliphatic rings. The minimum atomic E-state index is -0.424. The van der Waals surface area contributed by atoms with Crippen molar-refractivity contribution in [3.63, 3.8) is 0 Å². The van der Waals surface area contributed by atoms with E-state index in [1.165, 1.54) is 0 Å². The summed E-state index contributed by atoms with van der Waals surface area (Å²) >= 11 is 0. The van der Waals surface area contributed by atoms with Crippen molar-refractivity contribution >= 4 is 11.8 Å². The van der Waals surface area contributed by atoms with E-state index in [1.54, 1.807) is 4.90 Å². The Morgan fingerprint density at radius 3 is 2.33 bits per heavy atom. The molecule has 2 bridgehead atoms. The fourth-order valence-corrected chi connectivity index (χ4v) is 2.20. The fourth-order valence-electron chi connectivity index (χ4n) is 2.20. The molecule has 3 rings (SSSR count). The number of hydrogen-bond acceptors (Lipinski definition) is 3. The number of ether oxygens (including phenoxy) is 1. The first-order chi connectivity index (χ1) is 6.87. The van der Waals surface area contributed by atoms with E-state index in [2.05, 4.69) is 0 Å². The van der Waals surface area contributed by atoms with E-state index < -0.39 is 5.60 Å². The quantitative estimate of drug-likeness (QED) is 0.663. The minimum absolute atomic E-state index is 0.232. The molecule has 4 heteroatoms. The molecule has 1 N–H and O–H groups in total. The van der Waals surface area contributed by atoms with Crippen LogP contribution in [0.3, 0.4) is 0 Å². The number of nitrogens with one attached hydrogen (secondary N) is 1. The van der Waals surface area contributed by atoms with Crippen molar-refractivity contribution in [3.8, 4) is 0 Å². The van der Waals surface area contributed by atoms with Crippen LogP contribution in [0, 0.1) is 17.2 Å². The summed E-state index contributed by atoms with van der Waals surface area (Å²) in [7, 11) is 0. The fraction of sp³-hybridized carbons (Fsp3) is 0.818. The Bertz CT molecular complexity index is 292. The minimum Gasteiger partial charge on any atom is -0.444 e. The highest BCUT2D eigenvalue weighted by Gasteiger charge is 2.44. The van der Waals surface area contributed by atoms with Crippen LogP contribution in [0.1, 0.15) is 27.2 Å². The van der Waals surface area contributed by atoms with Gasteiger partial charge in [-0.3, -0.25) is 0 Å². The van der Waals surface area contributed by atoms with E-state index in [0.29, 0.717) is 24.9 Å². The highest BCUT2D eigenvalue weighted by molar-refractivity contribution is 5.93. The summed E-state index contributed by atoms with van der Waals surface area (Å²) in [6, 6.07) is 0. The van der Waals surface area contributed by atoms with Crippen LogP contribution in [0.4, 0.5) is 4.79 Å². The largest absolute Gasteiger partial charge is 0.444 e. The van der Waals surface area contributed by atoms with Crippen LogP contribution in [-0.2, 0) is 4.74 Å². The Morgan fingerprint density at radius 2 is 1.93 bits per heavy atom. The Kier molecular flexibility index (Phi) is 2.24. The van der Waals surface area contributed by atoms with Gasteiger partial charge in [0, 0.05) is 30.6 Å². The zero-order chi connectivity index (χ0) is 11.2. The molecule has 2 aliphatic heterocycles. The summed E-state index contributed by atoms with van der Waals surface area (Å²) in [5.74, 6) is 0.604. The van der Waals surface area contributed by atoms with E-state index >= 15 is 0 Å². The van der Waals surface area contributed by atoms with Crippen molar-refractivity contribution < 1.29 is 9.53 Å². The van der Waals surface area contributed by atoms with Crippen molar-refractivity contribution in [2.75, 3.05) is 13.1 Å². The maximum atomic E-state index is 11.7. The SMILES string of the molecule is CC(C)(C)OC(=O)N1CC2CC(C1)C2=N. The van der Waals surface area contributed by atoms with Crippen LogP contribution in [0.25, 0.3) is 0 Å². The summed E-state index contributed by atoms with van der Waals surface area (Å²) < 4.78 is 5.30. The molecule has 2 heterocycles. The monoisotopic (exact) mass is 210 g/mol. The van der Waals surface area contributed by atoms with Crippen LogP contribution >= 0.6 is 0 Å². The molecular weight excluding hydrogens is 192 g/mol. The lowest BCUT2D eigenvalue weighted by molar-refractivity contribution is 0.0113. The number of rotatable bonds is 0. The number of fused-ring (bicyclic) bond motifs is 2. The number of nitrogens with zero attached hydrogens (tertiary/aromatic N) is 1. The van der Waals surface area contributed by atoms with Crippen LogP contribution in [0.15, 0.2) is 0 Å². The van der Waals surface area contributed by atoms with Gasteiger partial charge < -0.3 is 15.0 Å². The number of amides is 1. The average Bonchev–Trinajstić information content (AvgIpc) is 2.14. The molecule has 0 aromatic heterocycles. The van der Waals surface area contributed by atoms with E-state index in [-0.39, 0.29) is 6.09 Å². The third kappa shape index (κ3) is 1.98. The molecule has 84 valence electrons. The number of hydrogen-bond donors (Lipinski definition) is 1. The molecule has 0 spiro atoms.